The Morgan fingerprint density at radius 2 is 1.88 bits per heavy atom. The fraction of sp³-hybridized carbons (Fsp3) is 0.550. The lowest BCUT2D eigenvalue weighted by atomic mass is 10.1. The van der Waals surface area contributed by atoms with E-state index in [1.165, 1.54) is 43.1 Å². The van der Waals surface area contributed by atoms with Crippen molar-refractivity contribution in [1.29, 1.82) is 0 Å². The molecule has 130 valence electrons. The molecular weight excluding hydrogens is 298 g/mol. The molecule has 2 N–H and O–H groups in total. The van der Waals surface area contributed by atoms with Crippen LogP contribution >= 0.6 is 0 Å². The Labute approximate surface area is 144 Å². The fourth-order valence-corrected chi connectivity index (χ4v) is 3.63. The zero-order valence-corrected chi connectivity index (χ0v) is 14.7. The van der Waals surface area contributed by atoms with Crippen molar-refractivity contribution in [2.75, 3.05) is 19.6 Å². The van der Waals surface area contributed by atoms with Gasteiger partial charge in [0.05, 0.1) is 6.04 Å². The molecule has 1 aromatic carbocycles. The number of nitrogens with zero attached hydrogens (tertiary/aromatic N) is 1. The molecule has 1 aromatic heterocycles. The van der Waals surface area contributed by atoms with E-state index in [4.69, 9.17) is 0 Å². The molecule has 0 aliphatic carbocycles. The molecule has 1 amide bonds. The number of fused-ring (bicyclic) bond motifs is 1. The van der Waals surface area contributed by atoms with Crippen LogP contribution in [-0.4, -0.2) is 41.5 Å². The lowest BCUT2D eigenvalue weighted by Crippen LogP contribution is -2.46. The Morgan fingerprint density at radius 1 is 1.17 bits per heavy atom. The van der Waals surface area contributed by atoms with Crippen LogP contribution in [0, 0.1) is 0 Å². The average Bonchev–Trinajstić information content (AvgIpc) is 2.97. The Morgan fingerprint density at radius 3 is 2.67 bits per heavy atom. The number of H-pyrrole nitrogens is 1. The first-order valence-corrected chi connectivity index (χ1v) is 9.32. The van der Waals surface area contributed by atoms with Crippen LogP contribution < -0.4 is 5.32 Å². The standard InChI is InChI=1S/C20H29N3O/c1-16(23-13-7-3-2-4-8-14-23)20(24)21-12-11-17-15-22-19-10-6-5-9-18(17)19/h5-6,9-10,15-16,22H,2-4,7-8,11-14H2,1H3,(H,21,24)/t16-/m1/s1. The van der Waals surface area contributed by atoms with E-state index in [9.17, 15) is 4.79 Å². The Hall–Kier alpha value is -1.81. The summed E-state index contributed by atoms with van der Waals surface area (Å²) < 4.78 is 0. The molecular formula is C20H29N3O. The van der Waals surface area contributed by atoms with Gasteiger partial charge in [0.15, 0.2) is 0 Å². The smallest absolute Gasteiger partial charge is 0.237 e. The molecule has 3 rings (SSSR count). The lowest BCUT2D eigenvalue weighted by Gasteiger charge is -2.29. The molecule has 4 nitrogen and oxygen atoms in total. The third-order valence-electron chi connectivity index (χ3n) is 5.19. The molecule has 1 aliphatic rings. The van der Waals surface area contributed by atoms with Crippen molar-refractivity contribution >= 4 is 16.8 Å². The van der Waals surface area contributed by atoms with Gasteiger partial charge in [-0.2, -0.15) is 0 Å². The highest BCUT2D eigenvalue weighted by atomic mass is 16.2. The Bertz CT molecular complexity index is 656. The summed E-state index contributed by atoms with van der Waals surface area (Å²) in [6.45, 7) is 4.84. The normalized spacial score (nSPS) is 18.0. The first-order valence-electron chi connectivity index (χ1n) is 9.32. The molecule has 0 bridgehead atoms. The van der Waals surface area contributed by atoms with E-state index in [0.717, 1.165) is 25.0 Å². The van der Waals surface area contributed by atoms with Crippen molar-refractivity contribution < 1.29 is 4.79 Å². The number of hydrogen-bond donors (Lipinski definition) is 2. The Kier molecular flexibility index (Phi) is 5.91. The van der Waals surface area contributed by atoms with Crippen molar-refractivity contribution in [3.8, 4) is 0 Å². The summed E-state index contributed by atoms with van der Waals surface area (Å²) in [6.07, 6.45) is 9.29. The van der Waals surface area contributed by atoms with E-state index < -0.39 is 0 Å². The second-order valence-electron chi connectivity index (χ2n) is 6.88. The topological polar surface area (TPSA) is 48.1 Å². The number of para-hydroxylation sites is 1. The third-order valence-corrected chi connectivity index (χ3v) is 5.19. The predicted molar refractivity (Wildman–Crippen MR) is 99.1 cm³/mol. The number of nitrogens with one attached hydrogen (secondary N) is 2. The first-order chi connectivity index (χ1) is 11.8. The van der Waals surface area contributed by atoms with E-state index >= 15 is 0 Å². The fourth-order valence-electron chi connectivity index (χ4n) is 3.63. The van der Waals surface area contributed by atoms with E-state index in [2.05, 4.69) is 39.6 Å². The van der Waals surface area contributed by atoms with Gasteiger partial charge in [-0.05, 0) is 50.9 Å². The van der Waals surface area contributed by atoms with E-state index in [-0.39, 0.29) is 11.9 Å². The maximum absolute atomic E-state index is 12.5. The zero-order valence-electron chi connectivity index (χ0n) is 14.7. The molecule has 1 fully saturated rings. The molecule has 2 heterocycles. The molecule has 24 heavy (non-hydrogen) atoms. The summed E-state index contributed by atoms with van der Waals surface area (Å²) in [6, 6.07) is 8.29. The van der Waals surface area contributed by atoms with Gasteiger partial charge in [-0.15, -0.1) is 0 Å². The van der Waals surface area contributed by atoms with Crippen LogP contribution in [0.5, 0.6) is 0 Å². The van der Waals surface area contributed by atoms with Crippen LogP contribution in [0.25, 0.3) is 10.9 Å². The van der Waals surface area contributed by atoms with Gasteiger partial charge >= 0.3 is 0 Å². The van der Waals surface area contributed by atoms with Gasteiger partial charge < -0.3 is 10.3 Å². The summed E-state index contributed by atoms with van der Waals surface area (Å²) in [5.41, 5.74) is 2.43. The highest BCUT2D eigenvalue weighted by Gasteiger charge is 2.21. The second kappa shape index (κ2) is 8.34. The van der Waals surface area contributed by atoms with Crippen LogP contribution in [0.3, 0.4) is 0 Å². The highest BCUT2D eigenvalue weighted by Crippen LogP contribution is 2.18. The van der Waals surface area contributed by atoms with Crippen LogP contribution in [-0.2, 0) is 11.2 Å². The summed E-state index contributed by atoms with van der Waals surface area (Å²) in [5.74, 6) is 0.162. The average molecular weight is 327 g/mol. The van der Waals surface area contributed by atoms with Crippen LogP contribution in [0.2, 0.25) is 0 Å². The lowest BCUT2D eigenvalue weighted by molar-refractivity contribution is -0.126. The van der Waals surface area contributed by atoms with E-state index in [1.807, 2.05) is 13.0 Å². The number of amides is 1. The molecule has 2 aromatic rings. The van der Waals surface area contributed by atoms with E-state index in [0.29, 0.717) is 6.54 Å². The van der Waals surface area contributed by atoms with Gasteiger partial charge in [0.1, 0.15) is 0 Å². The number of benzene rings is 1. The molecule has 4 heteroatoms. The number of carbonyl (C=O) groups excluding carboxylic acids is 1. The van der Waals surface area contributed by atoms with Gasteiger partial charge in [-0.3, -0.25) is 9.69 Å². The summed E-state index contributed by atoms with van der Waals surface area (Å²) >= 11 is 0. The molecule has 1 atom stereocenters. The van der Waals surface area contributed by atoms with Crippen molar-refractivity contribution in [3.05, 3.63) is 36.0 Å². The van der Waals surface area contributed by atoms with Gasteiger partial charge in [0.25, 0.3) is 0 Å². The van der Waals surface area contributed by atoms with Gasteiger partial charge in [0.2, 0.25) is 5.91 Å². The summed E-state index contributed by atoms with van der Waals surface area (Å²) in [5, 5.41) is 4.38. The van der Waals surface area contributed by atoms with Gasteiger partial charge in [0, 0.05) is 23.6 Å². The quantitative estimate of drug-likeness (QED) is 0.883. The minimum atomic E-state index is -0.0222. The molecule has 0 saturated carbocycles. The molecule has 1 saturated heterocycles. The van der Waals surface area contributed by atoms with Crippen LogP contribution in [0.4, 0.5) is 0 Å². The first kappa shape index (κ1) is 17.0. The summed E-state index contributed by atoms with van der Waals surface area (Å²) in [4.78, 5) is 18.1. The second-order valence-corrected chi connectivity index (χ2v) is 6.88. The Balaban J connectivity index is 1.49. The van der Waals surface area contributed by atoms with E-state index in [1.54, 1.807) is 0 Å². The van der Waals surface area contributed by atoms with Crippen molar-refractivity contribution in [2.24, 2.45) is 0 Å². The SMILES string of the molecule is C[C@H](C(=O)NCCc1c[nH]c2ccccc12)N1CCCCCCC1. The number of aromatic amines is 1. The van der Waals surface area contributed by atoms with Gasteiger partial charge in [-0.1, -0.05) is 37.5 Å². The zero-order chi connectivity index (χ0) is 16.8. The minimum absolute atomic E-state index is 0.0222. The predicted octanol–water partition coefficient (Wildman–Crippen LogP) is 3.48. The number of carbonyl (C=O) groups is 1. The monoisotopic (exact) mass is 327 g/mol. The minimum Gasteiger partial charge on any atom is -0.361 e. The maximum Gasteiger partial charge on any atom is 0.237 e. The molecule has 0 radical (unpaired) electrons. The van der Waals surface area contributed by atoms with Gasteiger partial charge in [-0.25, -0.2) is 0 Å². The maximum atomic E-state index is 12.5. The van der Waals surface area contributed by atoms with Crippen LogP contribution in [0.15, 0.2) is 30.5 Å². The summed E-state index contributed by atoms with van der Waals surface area (Å²) in [7, 11) is 0. The van der Waals surface area contributed by atoms with Crippen LogP contribution in [0.1, 0.15) is 44.6 Å². The largest absolute Gasteiger partial charge is 0.361 e. The van der Waals surface area contributed by atoms with Crippen molar-refractivity contribution in [3.63, 3.8) is 0 Å². The van der Waals surface area contributed by atoms with Crippen molar-refractivity contribution in [1.82, 2.24) is 15.2 Å². The molecule has 0 spiro atoms. The van der Waals surface area contributed by atoms with Crippen molar-refractivity contribution in [2.45, 2.75) is 51.5 Å². The molecule has 1 aliphatic heterocycles. The number of aromatic nitrogens is 1. The number of rotatable bonds is 5. The molecule has 0 unspecified atom stereocenters. The third kappa shape index (κ3) is 4.18. The highest BCUT2D eigenvalue weighted by molar-refractivity contribution is 5.83. The number of likely N-dealkylation sites (tertiary alicyclic amines) is 1. The number of hydrogen-bond acceptors (Lipinski definition) is 2.